The summed E-state index contributed by atoms with van der Waals surface area (Å²) in [5, 5.41) is 4.58. The van der Waals surface area contributed by atoms with Crippen molar-refractivity contribution in [2.75, 3.05) is 18.9 Å². The lowest BCUT2D eigenvalue weighted by atomic mass is 10.2. The topological polar surface area (TPSA) is 20.3 Å². The zero-order valence-corrected chi connectivity index (χ0v) is 9.90. The van der Waals surface area contributed by atoms with Crippen LogP contribution in [0.2, 0.25) is 0 Å². The number of hydrogen-bond donors (Lipinski definition) is 0. The molecule has 1 heterocycles. The minimum absolute atomic E-state index is 0.134. The highest BCUT2D eigenvalue weighted by Gasteiger charge is 2.05. The molecule has 0 saturated carbocycles. The Labute approximate surface area is 90.7 Å². The maximum Gasteiger partial charge on any atom is 0.232 e. The lowest BCUT2D eigenvalue weighted by Crippen LogP contribution is -2.29. The molecule has 0 aliphatic rings. The number of nitrogens with zero attached hydrogens (tertiary/aromatic N) is 1. The molecule has 0 bridgehead atoms. The second-order valence-corrected chi connectivity index (χ2v) is 4.17. The van der Waals surface area contributed by atoms with Crippen LogP contribution in [-0.2, 0) is 11.2 Å². The molecule has 0 aliphatic heterocycles. The van der Waals surface area contributed by atoms with Crippen LogP contribution in [0.3, 0.4) is 0 Å². The number of carbonyl (C=O) groups excluding carboxylic acids is 1. The third kappa shape index (κ3) is 3.48. The molecule has 0 saturated heterocycles. The van der Waals surface area contributed by atoms with E-state index in [2.05, 4.69) is 32.8 Å². The molecule has 13 heavy (non-hydrogen) atoms. The van der Waals surface area contributed by atoms with E-state index in [1.165, 1.54) is 5.56 Å². The van der Waals surface area contributed by atoms with Gasteiger partial charge in [0, 0.05) is 13.6 Å². The summed E-state index contributed by atoms with van der Waals surface area (Å²) in [6.45, 7) is 0.793. The van der Waals surface area contributed by atoms with Gasteiger partial charge >= 0.3 is 0 Å². The molecular formula is C9H12BrNOS. The molecule has 0 spiro atoms. The smallest absolute Gasteiger partial charge is 0.232 e. The van der Waals surface area contributed by atoms with E-state index in [-0.39, 0.29) is 5.91 Å². The van der Waals surface area contributed by atoms with Crippen molar-refractivity contribution in [3.63, 3.8) is 0 Å². The predicted molar refractivity (Wildman–Crippen MR) is 59.5 cm³/mol. The van der Waals surface area contributed by atoms with Gasteiger partial charge < -0.3 is 4.90 Å². The van der Waals surface area contributed by atoms with Crippen molar-refractivity contribution < 1.29 is 4.79 Å². The average Bonchev–Trinajstić information content (AvgIpc) is 2.65. The number of amides is 1. The summed E-state index contributed by atoms with van der Waals surface area (Å²) in [6.07, 6.45) is 0.943. The van der Waals surface area contributed by atoms with E-state index in [1.807, 2.05) is 7.05 Å². The van der Waals surface area contributed by atoms with Gasteiger partial charge in [-0.05, 0) is 28.8 Å². The molecule has 4 heteroatoms. The Hall–Kier alpha value is -0.350. The second kappa shape index (κ2) is 5.40. The Morgan fingerprint density at radius 2 is 2.46 bits per heavy atom. The first kappa shape index (κ1) is 10.7. The van der Waals surface area contributed by atoms with Crippen molar-refractivity contribution in [1.82, 2.24) is 4.90 Å². The van der Waals surface area contributed by atoms with Gasteiger partial charge in [0.2, 0.25) is 5.91 Å². The van der Waals surface area contributed by atoms with Crippen LogP contribution in [-0.4, -0.2) is 29.7 Å². The van der Waals surface area contributed by atoms with Crippen molar-refractivity contribution in [2.24, 2.45) is 0 Å². The van der Waals surface area contributed by atoms with Crippen LogP contribution in [0, 0.1) is 0 Å². The summed E-state index contributed by atoms with van der Waals surface area (Å²) in [7, 11) is 1.83. The van der Waals surface area contributed by atoms with E-state index >= 15 is 0 Å². The van der Waals surface area contributed by atoms with Gasteiger partial charge in [-0.15, -0.1) is 0 Å². The summed E-state index contributed by atoms with van der Waals surface area (Å²) >= 11 is 4.84. The summed E-state index contributed by atoms with van der Waals surface area (Å²) in [6, 6.07) is 2.09. The van der Waals surface area contributed by atoms with Gasteiger partial charge in [-0.3, -0.25) is 4.79 Å². The molecule has 1 amide bonds. The maximum absolute atomic E-state index is 11.2. The molecule has 1 aromatic rings. The molecule has 72 valence electrons. The van der Waals surface area contributed by atoms with Gasteiger partial charge in [0.05, 0.1) is 5.33 Å². The van der Waals surface area contributed by atoms with Gasteiger partial charge in [0.15, 0.2) is 0 Å². The molecule has 2 nitrogen and oxygen atoms in total. The Kier molecular flexibility index (Phi) is 4.45. The molecular weight excluding hydrogens is 250 g/mol. The fourth-order valence-electron chi connectivity index (χ4n) is 0.958. The third-order valence-electron chi connectivity index (χ3n) is 1.86. The molecule has 0 unspecified atom stereocenters. The fourth-order valence-corrected chi connectivity index (χ4v) is 2.09. The van der Waals surface area contributed by atoms with E-state index in [0.717, 1.165) is 13.0 Å². The van der Waals surface area contributed by atoms with Gasteiger partial charge in [0.25, 0.3) is 0 Å². The second-order valence-electron chi connectivity index (χ2n) is 2.83. The van der Waals surface area contributed by atoms with Crippen LogP contribution in [0.5, 0.6) is 0 Å². The monoisotopic (exact) mass is 261 g/mol. The molecule has 1 rings (SSSR count). The number of thiophene rings is 1. The maximum atomic E-state index is 11.2. The molecule has 0 radical (unpaired) electrons. The summed E-state index contributed by atoms with van der Waals surface area (Å²) in [4.78, 5) is 12.9. The molecule has 0 aromatic carbocycles. The Morgan fingerprint density at radius 3 is 3.00 bits per heavy atom. The van der Waals surface area contributed by atoms with Crippen molar-refractivity contribution >= 4 is 33.2 Å². The van der Waals surface area contributed by atoms with Crippen molar-refractivity contribution in [1.29, 1.82) is 0 Å². The Morgan fingerprint density at radius 1 is 1.69 bits per heavy atom. The molecule has 0 atom stereocenters. The normalized spacial score (nSPS) is 10.0. The molecule has 0 N–H and O–H groups in total. The first-order valence-corrected chi connectivity index (χ1v) is 6.11. The van der Waals surface area contributed by atoms with Crippen LogP contribution >= 0.6 is 27.3 Å². The van der Waals surface area contributed by atoms with Crippen molar-refractivity contribution in [3.05, 3.63) is 22.4 Å². The Balaban J connectivity index is 2.30. The van der Waals surface area contributed by atoms with Crippen LogP contribution in [0.1, 0.15) is 5.56 Å². The number of likely N-dealkylation sites (N-methyl/N-ethyl adjacent to an activating group) is 1. The van der Waals surface area contributed by atoms with E-state index in [9.17, 15) is 4.79 Å². The summed E-state index contributed by atoms with van der Waals surface area (Å²) in [5.74, 6) is 0.134. The lowest BCUT2D eigenvalue weighted by Gasteiger charge is -2.14. The average molecular weight is 262 g/mol. The van der Waals surface area contributed by atoms with Gasteiger partial charge in [-0.25, -0.2) is 0 Å². The van der Waals surface area contributed by atoms with E-state index < -0.39 is 0 Å². The summed E-state index contributed by atoms with van der Waals surface area (Å²) < 4.78 is 0. The predicted octanol–water partition coefficient (Wildman–Crippen LogP) is 2.14. The van der Waals surface area contributed by atoms with E-state index in [0.29, 0.717) is 5.33 Å². The number of halogens is 1. The quantitative estimate of drug-likeness (QED) is 0.761. The minimum Gasteiger partial charge on any atom is -0.345 e. The highest BCUT2D eigenvalue weighted by molar-refractivity contribution is 9.09. The standard InChI is InChI=1S/C9H12BrNOS/c1-11(9(12)6-10)4-2-8-3-5-13-7-8/h3,5,7H,2,4,6H2,1H3. The largest absolute Gasteiger partial charge is 0.345 e. The first-order valence-electron chi connectivity index (χ1n) is 4.05. The van der Waals surface area contributed by atoms with Crippen LogP contribution in [0.25, 0.3) is 0 Å². The van der Waals surface area contributed by atoms with Gasteiger partial charge in [0.1, 0.15) is 0 Å². The first-order chi connectivity index (χ1) is 6.24. The SMILES string of the molecule is CN(CCc1ccsc1)C(=O)CBr. The molecule has 0 fully saturated rings. The molecule has 0 aliphatic carbocycles. The fraction of sp³-hybridized carbons (Fsp3) is 0.444. The third-order valence-corrected chi connectivity index (χ3v) is 3.07. The number of alkyl halides is 1. The summed E-state index contributed by atoms with van der Waals surface area (Å²) in [5.41, 5.74) is 1.30. The van der Waals surface area contributed by atoms with E-state index in [4.69, 9.17) is 0 Å². The Bertz CT molecular complexity index is 261. The van der Waals surface area contributed by atoms with Crippen LogP contribution in [0.15, 0.2) is 16.8 Å². The highest BCUT2D eigenvalue weighted by atomic mass is 79.9. The number of carbonyl (C=O) groups is 1. The zero-order chi connectivity index (χ0) is 9.68. The van der Waals surface area contributed by atoms with Crippen LogP contribution < -0.4 is 0 Å². The van der Waals surface area contributed by atoms with Crippen LogP contribution in [0.4, 0.5) is 0 Å². The van der Waals surface area contributed by atoms with Gasteiger partial charge in [-0.2, -0.15) is 11.3 Å². The van der Waals surface area contributed by atoms with E-state index in [1.54, 1.807) is 16.2 Å². The number of rotatable bonds is 4. The lowest BCUT2D eigenvalue weighted by molar-refractivity contribution is -0.126. The van der Waals surface area contributed by atoms with Gasteiger partial charge in [-0.1, -0.05) is 15.9 Å². The minimum atomic E-state index is 0.134. The van der Waals surface area contributed by atoms with Crippen molar-refractivity contribution in [3.8, 4) is 0 Å². The molecule has 1 aromatic heterocycles. The zero-order valence-electron chi connectivity index (χ0n) is 7.50. The number of hydrogen-bond acceptors (Lipinski definition) is 2. The van der Waals surface area contributed by atoms with Crippen molar-refractivity contribution in [2.45, 2.75) is 6.42 Å². The highest BCUT2D eigenvalue weighted by Crippen LogP contribution is 2.07.